The first-order valence-corrected chi connectivity index (χ1v) is 10.3. The van der Waals surface area contributed by atoms with Gasteiger partial charge in [-0.3, -0.25) is 10.2 Å². The Bertz CT molecular complexity index is 1080. The summed E-state index contributed by atoms with van der Waals surface area (Å²) >= 11 is 1.38. The number of hydrogen-bond donors (Lipinski definition) is 1. The molecule has 140 valence electrons. The Hall–Kier alpha value is -2.93. The van der Waals surface area contributed by atoms with Crippen molar-refractivity contribution in [1.29, 1.82) is 5.41 Å². The summed E-state index contributed by atoms with van der Waals surface area (Å²) in [6, 6.07) is 14.0. The molecule has 1 saturated heterocycles. The maximum Gasteiger partial charge on any atom is 0.283 e. The van der Waals surface area contributed by atoms with Crippen LogP contribution in [0.1, 0.15) is 24.8 Å². The number of hydrazone groups is 1. The van der Waals surface area contributed by atoms with Gasteiger partial charge < -0.3 is 4.90 Å². The summed E-state index contributed by atoms with van der Waals surface area (Å²) in [5, 5.41) is 18.1. The van der Waals surface area contributed by atoms with E-state index < -0.39 is 0 Å². The fourth-order valence-electron chi connectivity index (χ4n) is 3.73. The van der Waals surface area contributed by atoms with E-state index in [4.69, 9.17) is 5.41 Å². The predicted molar refractivity (Wildman–Crippen MR) is 114 cm³/mol. The molecule has 6 nitrogen and oxygen atoms in total. The number of benzene rings is 2. The standard InChI is InChI=1S/C21H19N5OS/c22-18-17(13-15-9-6-8-14-7-2-3-10-16(14)15)19(27)23-20-26(18)24-21(28-20)25-11-4-1-5-12-25/h2-3,6-10,13,22H,1,4-5,11-12H2/b17-13-,22-18?. The first kappa shape index (κ1) is 17.2. The van der Waals surface area contributed by atoms with Crippen molar-refractivity contribution >= 4 is 50.7 Å². The fourth-order valence-corrected chi connectivity index (χ4v) is 4.67. The van der Waals surface area contributed by atoms with Gasteiger partial charge in [0, 0.05) is 13.1 Å². The van der Waals surface area contributed by atoms with Crippen LogP contribution in [-0.2, 0) is 4.79 Å². The number of carbonyl (C=O) groups excluding carboxylic acids is 1. The summed E-state index contributed by atoms with van der Waals surface area (Å²) < 4.78 is 0. The number of nitrogens with one attached hydrogen (secondary N) is 1. The van der Waals surface area contributed by atoms with Crippen LogP contribution in [0.25, 0.3) is 16.8 Å². The van der Waals surface area contributed by atoms with Crippen LogP contribution in [0.5, 0.6) is 0 Å². The minimum absolute atomic E-state index is 0.0856. The van der Waals surface area contributed by atoms with Gasteiger partial charge in [-0.25, -0.2) is 0 Å². The third kappa shape index (κ3) is 2.92. The van der Waals surface area contributed by atoms with Crippen molar-refractivity contribution in [1.82, 2.24) is 9.91 Å². The quantitative estimate of drug-likeness (QED) is 0.751. The Morgan fingerprint density at radius 2 is 1.79 bits per heavy atom. The van der Waals surface area contributed by atoms with Gasteiger partial charge in [0.05, 0.1) is 5.57 Å². The molecule has 0 spiro atoms. The van der Waals surface area contributed by atoms with Crippen LogP contribution in [0.3, 0.4) is 0 Å². The van der Waals surface area contributed by atoms with Crippen molar-refractivity contribution in [2.45, 2.75) is 19.3 Å². The molecule has 0 saturated carbocycles. The van der Waals surface area contributed by atoms with E-state index in [1.807, 2.05) is 42.5 Å². The summed E-state index contributed by atoms with van der Waals surface area (Å²) in [6.07, 6.45) is 5.29. The van der Waals surface area contributed by atoms with Gasteiger partial charge in [0.2, 0.25) is 5.17 Å². The molecule has 3 aliphatic rings. The number of aliphatic imine (C=N–C) groups is 1. The molecule has 5 rings (SSSR count). The number of hydrogen-bond acceptors (Lipinski definition) is 5. The van der Waals surface area contributed by atoms with E-state index in [0.29, 0.717) is 5.17 Å². The van der Waals surface area contributed by atoms with Gasteiger partial charge >= 0.3 is 0 Å². The van der Waals surface area contributed by atoms with E-state index in [2.05, 4.69) is 15.0 Å². The Balaban J connectivity index is 1.51. The van der Waals surface area contributed by atoms with Crippen LogP contribution in [0.4, 0.5) is 0 Å². The average Bonchev–Trinajstić information content (AvgIpc) is 3.16. The van der Waals surface area contributed by atoms with Crippen LogP contribution in [-0.4, -0.2) is 45.1 Å². The smallest absolute Gasteiger partial charge is 0.283 e. The van der Waals surface area contributed by atoms with Gasteiger partial charge in [-0.1, -0.05) is 42.5 Å². The highest BCUT2D eigenvalue weighted by Crippen LogP contribution is 2.31. The Morgan fingerprint density at radius 3 is 2.64 bits per heavy atom. The monoisotopic (exact) mass is 389 g/mol. The maximum absolute atomic E-state index is 12.7. The zero-order valence-electron chi connectivity index (χ0n) is 15.3. The molecule has 0 atom stereocenters. The lowest BCUT2D eigenvalue weighted by atomic mass is 10.0. The van der Waals surface area contributed by atoms with Crippen molar-refractivity contribution in [3.05, 3.63) is 53.6 Å². The largest absolute Gasteiger partial charge is 0.349 e. The lowest BCUT2D eigenvalue weighted by Crippen LogP contribution is -2.35. The lowest BCUT2D eigenvalue weighted by Gasteiger charge is -2.26. The number of likely N-dealkylation sites (tertiary alicyclic amines) is 1. The number of piperidine rings is 1. The highest BCUT2D eigenvalue weighted by Gasteiger charge is 2.37. The van der Waals surface area contributed by atoms with Crippen LogP contribution < -0.4 is 0 Å². The fraction of sp³-hybridized carbons (Fsp3) is 0.238. The summed E-state index contributed by atoms with van der Waals surface area (Å²) in [6.45, 7) is 1.93. The van der Waals surface area contributed by atoms with Crippen LogP contribution >= 0.6 is 11.8 Å². The summed E-state index contributed by atoms with van der Waals surface area (Å²) in [4.78, 5) is 19.1. The molecule has 0 aliphatic carbocycles. The van der Waals surface area contributed by atoms with E-state index in [-0.39, 0.29) is 17.3 Å². The third-order valence-electron chi connectivity index (χ3n) is 5.19. The second-order valence-electron chi connectivity index (χ2n) is 7.02. The Labute approximate surface area is 167 Å². The van der Waals surface area contributed by atoms with Crippen molar-refractivity contribution in [3.63, 3.8) is 0 Å². The van der Waals surface area contributed by atoms with E-state index in [1.54, 1.807) is 6.08 Å². The molecule has 28 heavy (non-hydrogen) atoms. The maximum atomic E-state index is 12.7. The van der Waals surface area contributed by atoms with Crippen LogP contribution in [0.2, 0.25) is 0 Å². The molecule has 1 N–H and O–H groups in total. The molecule has 0 aromatic heterocycles. The van der Waals surface area contributed by atoms with Crippen molar-refractivity contribution in [3.8, 4) is 0 Å². The number of carbonyl (C=O) groups is 1. The van der Waals surface area contributed by atoms with Gasteiger partial charge in [0.25, 0.3) is 5.91 Å². The number of thioether (sulfide) groups is 1. The second kappa shape index (κ2) is 6.91. The molecular formula is C21H19N5OS. The van der Waals surface area contributed by atoms with E-state index >= 15 is 0 Å². The minimum Gasteiger partial charge on any atom is -0.349 e. The van der Waals surface area contributed by atoms with Crippen molar-refractivity contribution < 1.29 is 4.79 Å². The topological polar surface area (TPSA) is 72.1 Å². The number of amides is 1. The van der Waals surface area contributed by atoms with Crippen molar-refractivity contribution in [2.75, 3.05) is 13.1 Å². The first-order chi connectivity index (χ1) is 13.7. The number of fused-ring (bicyclic) bond motifs is 2. The first-order valence-electron chi connectivity index (χ1n) is 9.44. The normalized spacial score (nSPS) is 21.2. The summed E-state index contributed by atoms with van der Waals surface area (Å²) in [5.74, 6) is -0.297. The molecular weight excluding hydrogens is 370 g/mol. The Kier molecular flexibility index (Phi) is 4.24. The number of rotatable bonds is 1. The Morgan fingerprint density at radius 1 is 1.00 bits per heavy atom. The number of amidine groups is 3. The molecule has 7 heteroatoms. The second-order valence-corrected chi connectivity index (χ2v) is 7.95. The summed E-state index contributed by atoms with van der Waals surface area (Å²) in [7, 11) is 0. The van der Waals surface area contributed by atoms with Gasteiger partial charge in [0.15, 0.2) is 11.0 Å². The SMILES string of the molecule is N=C1/C(=C/c2cccc3ccccc23)C(=O)N=C2SC(N3CCCCC3)=NN12. The molecule has 3 heterocycles. The lowest BCUT2D eigenvalue weighted by molar-refractivity contribution is -0.114. The third-order valence-corrected chi connectivity index (χ3v) is 6.16. The van der Waals surface area contributed by atoms with Gasteiger partial charge in [-0.15, -0.1) is 5.10 Å². The van der Waals surface area contributed by atoms with E-state index in [0.717, 1.165) is 47.4 Å². The molecule has 0 unspecified atom stereocenters. The zero-order valence-corrected chi connectivity index (χ0v) is 16.1. The van der Waals surface area contributed by atoms with Crippen LogP contribution in [0, 0.1) is 5.41 Å². The van der Waals surface area contributed by atoms with E-state index in [1.165, 1.54) is 23.2 Å². The molecule has 0 bridgehead atoms. The molecule has 2 aromatic carbocycles. The molecule has 2 aromatic rings. The van der Waals surface area contributed by atoms with E-state index in [9.17, 15) is 4.79 Å². The molecule has 1 amide bonds. The minimum atomic E-state index is -0.383. The highest BCUT2D eigenvalue weighted by molar-refractivity contribution is 8.26. The number of nitrogens with zero attached hydrogens (tertiary/aromatic N) is 4. The summed E-state index contributed by atoms with van der Waals surface area (Å²) in [5.41, 5.74) is 1.17. The predicted octanol–water partition coefficient (Wildman–Crippen LogP) is 3.90. The van der Waals surface area contributed by atoms with Crippen LogP contribution in [0.15, 0.2) is 58.1 Å². The van der Waals surface area contributed by atoms with Gasteiger partial charge in [-0.05, 0) is 53.4 Å². The average molecular weight is 389 g/mol. The van der Waals surface area contributed by atoms with Gasteiger partial charge in [-0.2, -0.15) is 10.0 Å². The molecule has 0 radical (unpaired) electrons. The van der Waals surface area contributed by atoms with Gasteiger partial charge in [0.1, 0.15) is 0 Å². The highest BCUT2D eigenvalue weighted by atomic mass is 32.2. The zero-order chi connectivity index (χ0) is 19.1. The molecule has 1 fully saturated rings. The van der Waals surface area contributed by atoms with Crippen molar-refractivity contribution in [2.24, 2.45) is 10.1 Å². The molecule has 3 aliphatic heterocycles.